The summed E-state index contributed by atoms with van der Waals surface area (Å²) >= 11 is 0. The predicted molar refractivity (Wildman–Crippen MR) is 78.8 cm³/mol. The first kappa shape index (κ1) is 14.5. The van der Waals surface area contributed by atoms with Crippen LogP contribution in [0.15, 0.2) is 12.3 Å². The molecule has 116 valence electrons. The van der Waals surface area contributed by atoms with E-state index < -0.39 is 6.10 Å². The molecule has 2 saturated heterocycles. The molecular formula is C15H24N4O2. The summed E-state index contributed by atoms with van der Waals surface area (Å²) in [4.78, 5) is 15.7. The molecule has 2 N–H and O–H groups in total. The number of piperidine rings is 1. The van der Waals surface area contributed by atoms with Gasteiger partial charge in [-0.25, -0.2) is 0 Å². The second-order valence-corrected chi connectivity index (χ2v) is 6.18. The van der Waals surface area contributed by atoms with Crippen LogP contribution < -0.4 is 0 Å². The third-order valence-electron chi connectivity index (χ3n) is 4.62. The Morgan fingerprint density at radius 1 is 1.33 bits per heavy atom. The Balaban J connectivity index is 1.41. The first-order valence-corrected chi connectivity index (χ1v) is 7.90. The Kier molecular flexibility index (Phi) is 4.55. The fourth-order valence-corrected chi connectivity index (χ4v) is 3.43. The molecule has 1 unspecified atom stereocenters. The summed E-state index contributed by atoms with van der Waals surface area (Å²) in [6.45, 7) is 3.94. The molecule has 3 heterocycles. The Bertz CT molecular complexity index is 454. The van der Waals surface area contributed by atoms with Crippen LogP contribution in [-0.4, -0.2) is 69.8 Å². The van der Waals surface area contributed by atoms with E-state index in [1.54, 1.807) is 11.1 Å². The monoisotopic (exact) mass is 292 g/mol. The zero-order chi connectivity index (χ0) is 14.7. The third-order valence-corrected chi connectivity index (χ3v) is 4.62. The molecule has 3 rings (SSSR count). The number of aliphatic hydroxyl groups is 1. The van der Waals surface area contributed by atoms with Gasteiger partial charge in [-0.15, -0.1) is 0 Å². The zero-order valence-electron chi connectivity index (χ0n) is 12.4. The smallest absolute Gasteiger partial charge is 0.222 e. The second-order valence-electron chi connectivity index (χ2n) is 6.18. The molecule has 6 heteroatoms. The zero-order valence-corrected chi connectivity index (χ0v) is 12.4. The van der Waals surface area contributed by atoms with Crippen molar-refractivity contribution in [2.75, 3.05) is 32.7 Å². The van der Waals surface area contributed by atoms with Crippen LogP contribution in [-0.2, 0) is 4.79 Å². The Hall–Kier alpha value is -1.40. The molecule has 1 atom stereocenters. The molecular weight excluding hydrogens is 268 g/mol. The number of carbonyl (C=O) groups excluding carboxylic acids is 1. The molecule has 6 nitrogen and oxygen atoms in total. The van der Waals surface area contributed by atoms with Crippen molar-refractivity contribution in [1.82, 2.24) is 20.0 Å². The summed E-state index contributed by atoms with van der Waals surface area (Å²) in [5.74, 6) is 0.744. The number of likely N-dealkylation sites (tertiary alicyclic amines) is 2. The highest BCUT2D eigenvalue weighted by Gasteiger charge is 2.26. The maximum Gasteiger partial charge on any atom is 0.222 e. The van der Waals surface area contributed by atoms with E-state index in [4.69, 9.17) is 0 Å². The van der Waals surface area contributed by atoms with E-state index in [0.29, 0.717) is 25.4 Å². The number of hydrogen-bond donors (Lipinski definition) is 2. The Labute approximate surface area is 125 Å². The quantitative estimate of drug-likeness (QED) is 0.832. The van der Waals surface area contributed by atoms with Crippen molar-refractivity contribution >= 4 is 5.91 Å². The molecule has 1 amide bonds. The van der Waals surface area contributed by atoms with Crippen molar-refractivity contribution in [3.63, 3.8) is 0 Å². The van der Waals surface area contributed by atoms with Gasteiger partial charge in [0.1, 0.15) is 0 Å². The molecule has 2 fully saturated rings. The number of amides is 1. The van der Waals surface area contributed by atoms with E-state index >= 15 is 0 Å². The number of aromatic nitrogens is 2. The van der Waals surface area contributed by atoms with Crippen LogP contribution in [0.25, 0.3) is 0 Å². The van der Waals surface area contributed by atoms with Gasteiger partial charge in [-0.3, -0.25) is 9.89 Å². The minimum Gasteiger partial charge on any atom is -0.390 e. The van der Waals surface area contributed by atoms with Gasteiger partial charge >= 0.3 is 0 Å². The van der Waals surface area contributed by atoms with Gasteiger partial charge in [0.2, 0.25) is 5.91 Å². The number of rotatable bonds is 5. The average molecular weight is 292 g/mol. The van der Waals surface area contributed by atoms with Crippen LogP contribution in [0.1, 0.15) is 37.3 Å². The average Bonchev–Trinajstić information content (AvgIpc) is 3.12. The summed E-state index contributed by atoms with van der Waals surface area (Å²) in [6, 6.07) is 2.05. The number of aliphatic hydroxyl groups excluding tert-OH is 1. The van der Waals surface area contributed by atoms with Crippen LogP contribution >= 0.6 is 0 Å². The largest absolute Gasteiger partial charge is 0.390 e. The van der Waals surface area contributed by atoms with Crippen molar-refractivity contribution in [2.45, 2.75) is 37.7 Å². The lowest BCUT2D eigenvalue weighted by Gasteiger charge is -2.33. The van der Waals surface area contributed by atoms with Gasteiger partial charge in [-0.1, -0.05) is 0 Å². The topological polar surface area (TPSA) is 72.5 Å². The van der Waals surface area contributed by atoms with Gasteiger partial charge in [-0.05, 0) is 38.4 Å². The highest BCUT2D eigenvalue weighted by molar-refractivity contribution is 5.78. The molecule has 0 aromatic carbocycles. The summed E-state index contributed by atoms with van der Waals surface area (Å²) < 4.78 is 0. The van der Waals surface area contributed by atoms with Crippen molar-refractivity contribution in [2.24, 2.45) is 0 Å². The van der Waals surface area contributed by atoms with Gasteiger partial charge < -0.3 is 14.9 Å². The molecule has 1 aromatic heterocycles. The van der Waals surface area contributed by atoms with E-state index in [0.717, 1.165) is 38.9 Å². The molecule has 2 aliphatic heterocycles. The lowest BCUT2D eigenvalue weighted by atomic mass is 9.93. The number of nitrogens with zero attached hydrogens (tertiary/aromatic N) is 3. The van der Waals surface area contributed by atoms with Gasteiger partial charge in [-0.2, -0.15) is 5.10 Å². The molecule has 0 saturated carbocycles. The number of hydrogen-bond acceptors (Lipinski definition) is 4. The Morgan fingerprint density at radius 3 is 2.76 bits per heavy atom. The van der Waals surface area contributed by atoms with E-state index in [1.807, 2.05) is 6.07 Å². The summed E-state index contributed by atoms with van der Waals surface area (Å²) in [5, 5.41) is 17.2. The van der Waals surface area contributed by atoms with Crippen molar-refractivity contribution in [1.29, 1.82) is 0 Å². The molecule has 0 aliphatic carbocycles. The van der Waals surface area contributed by atoms with E-state index in [1.165, 1.54) is 5.69 Å². The molecule has 21 heavy (non-hydrogen) atoms. The number of H-pyrrole nitrogens is 1. The summed E-state index contributed by atoms with van der Waals surface area (Å²) in [7, 11) is 0. The number of β-amino-alcohol motifs (C(OH)–C–C–N with tert-alkyl or cyclic N) is 1. The van der Waals surface area contributed by atoms with Crippen LogP contribution in [0.4, 0.5) is 0 Å². The summed E-state index contributed by atoms with van der Waals surface area (Å²) in [6.07, 6.45) is 5.13. The molecule has 0 spiro atoms. The fourth-order valence-electron chi connectivity index (χ4n) is 3.43. The van der Waals surface area contributed by atoms with Crippen molar-refractivity contribution < 1.29 is 9.90 Å². The normalized spacial score (nSPS) is 22.9. The maximum atomic E-state index is 11.6. The third kappa shape index (κ3) is 3.63. The first-order valence-electron chi connectivity index (χ1n) is 7.90. The summed E-state index contributed by atoms with van der Waals surface area (Å²) in [5.41, 5.74) is 1.22. The number of nitrogens with one attached hydrogen (secondary N) is 1. The van der Waals surface area contributed by atoms with Gasteiger partial charge in [0.15, 0.2) is 0 Å². The maximum absolute atomic E-state index is 11.6. The van der Waals surface area contributed by atoms with E-state index in [2.05, 4.69) is 15.1 Å². The van der Waals surface area contributed by atoms with E-state index in [-0.39, 0.29) is 5.91 Å². The highest BCUT2D eigenvalue weighted by atomic mass is 16.3. The lowest BCUT2D eigenvalue weighted by Crippen LogP contribution is -2.43. The predicted octanol–water partition coefficient (Wildman–Crippen LogP) is 0.572. The second kappa shape index (κ2) is 6.58. The highest BCUT2D eigenvalue weighted by Crippen LogP contribution is 2.26. The number of carbonyl (C=O) groups is 1. The van der Waals surface area contributed by atoms with Crippen LogP contribution in [0, 0.1) is 0 Å². The van der Waals surface area contributed by atoms with Crippen LogP contribution in [0.3, 0.4) is 0 Å². The van der Waals surface area contributed by atoms with Crippen molar-refractivity contribution in [3.05, 3.63) is 18.0 Å². The van der Waals surface area contributed by atoms with Gasteiger partial charge in [0.25, 0.3) is 0 Å². The fraction of sp³-hybridized carbons (Fsp3) is 0.733. The van der Waals surface area contributed by atoms with Gasteiger partial charge in [0.05, 0.1) is 6.10 Å². The molecule has 0 bridgehead atoms. The minimum absolute atomic E-state index is 0.187. The standard InChI is InChI=1S/C15H24N4O2/c20-13(11-19-7-1-2-15(19)21)10-18-8-4-12(5-9-18)14-3-6-16-17-14/h3,6,12-13,20H,1-2,4-5,7-11H2,(H,16,17). The molecule has 2 aliphatic rings. The minimum atomic E-state index is -0.434. The van der Waals surface area contributed by atoms with Crippen molar-refractivity contribution in [3.8, 4) is 0 Å². The van der Waals surface area contributed by atoms with Crippen LogP contribution in [0.5, 0.6) is 0 Å². The van der Waals surface area contributed by atoms with Gasteiger partial charge in [0, 0.05) is 43.9 Å². The molecule has 1 aromatic rings. The SMILES string of the molecule is O=C1CCCN1CC(O)CN1CCC(c2ccn[nH]2)CC1. The van der Waals surface area contributed by atoms with E-state index in [9.17, 15) is 9.90 Å². The number of aromatic amines is 1. The Morgan fingerprint density at radius 2 is 2.14 bits per heavy atom. The lowest BCUT2D eigenvalue weighted by molar-refractivity contribution is -0.129. The first-order chi connectivity index (χ1) is 10.2. The van der Waals surface area contributed by atoms with Crippen LogP contribution in [0.2, 0.25) is 0 Å². The molecule has 0 radical (unpaired) electrons.